The van der Waals surface area contributed by atoms with E-state index in [0.29, 0.717) is 34.6 Å². The Hall–Kier alpha value is -1.91. The third kappa shape index (κ3) is 5.05. The van der Waals surface area contributed by atoms with E-state index in [9.17, 15) is 9.90 Å². The number of carboxylic acids is 1. The summed E-state index contributed by atoms with van der Waals surface area (Å²) in [5.74, 6) is -0.357. The summed E-state index contributed by atoms with van der Waals surface area (Å²) in [6.07, 6.45) is 1.65. The molecule has 0 aliphatic heterocycles. The van der Waals surface area contributed by atoms with Crippen LogP contribution in [0.3, 0.4) is 0 Å². The fraction of sp³-hybridized carbons (Fsp3) is 0.278. The van der Waals surface area contributed by atoms with Crippen LogP contribution in [-0.2, 0) is 0 Å². The molecular weight excluding hydrogens is 349 g/mol. The average Bonchev–Trinajstić information content (AvgIpc) is 2.54. The molecule has 2 N–H and O–H groups in total. The molecule has 0 saturated heterocycles. The normalized spacial score (nSPS) is 10.5. The van der Waals surface area contributed by atoms with Crippen molar-refractivity contribution in [3.8, 4) is 5.75 Å². The van der Waals surface area contributed by atoms with E-state index in [-0.39, 0.29) is 5.56 Å². The lowest BCUT2D eigenvalue weighted by Crippen LogP contribution is -2.10. The maximum Gasteiger partial charge on any atom is 0.337 e. The van der Waals surface area contributed by atoms with Crippen molar-refractivity contribution in [1.82, 2.24) is 0 Å². The summed E-state index contributed by atoms with van der Waals surface area (Å²) in [6.45, 7) is 3.07. The molecule has 0 fully saturated rings. The molecule has 128 valence electrons. The van der Waals surface area contributed by atoms with E-state index in [1.54, 1.807) is 30.3 Å². The van der Waals surface area contributed by atoms with Gasteiger partial charge in [-0.25, -0.2) is 4.79 Å². The summed E-state index contributed by atoms with van der Waals surface area (Å²) < 4.78 is 5.62. The van der Waals surface area contributed by atoms with Gasteiger partial charge in [-0.1, -0.05) is 35.3 Å². The van der Waals surface area contributed by atoms with Gasteiger partial charge in [-0.15, -0.1) is 0 Å². The minimum Gasteiger partial charge on any atom is -0.492 e. The number of carboxylic acid groups (broad SMARTS) is 1. The van der Waals surface area contributed by atoms with Gasteiger partial charge < -0.3 is 15.2 Å². The summed E-state index contributed by atoms with van der Waals surface area (Å²) in [7, 11) is 0. The summed E-state index contributed by atoms with van der Waals surface area (Å²) in [6, 6.07) is 10.3. The van der Waals surface area contributed by atoms with Crippen LogP contribution in [0.5, 0.6) is 5.75 Å². The van der Waals surface area contributed by atoms with Crippen LogP contribution >= 0.6 is 23.2 Å². The Morgan fingerprint density at radius 1 is 1.21 bits per heavy atom. The Balaban J connectivity index is 1.78. The van der Waals surface area contributed by atoms with Crippen molar-refractivity contribution in [2.45, 2.75) is 19.8 Å². The molecule has 0 spiro atoms. The van der Waals surface area contributed by atoms with Crippen LogP contribution in [0, 0.1) is 6.92 Å². The van der Waals surface area contributed by atoms with Gasteiger partial charge in [0.25, 0.3) is 0 Å². The smallest absolute Gasteiger partial charge is 0.337 e. The van der Waals surface area contributed by atoms with E-state index >= 15 is 0 Å². The van der Waals surface area contributed by atoms with Crippen molar-refractivity contribution in [2.24, 2.45) is 0 Å². The Morgan fingerprint density at radius 2 is 2.00 bits per heavy atom. The monoisotopic (exact) mass is 367 g/mol. The number of rotatable bonds is 8. The fourth-order valence-corrected chi connectivity index (χ4v) is 2.63. The van der Waals surface area contributed by atoms with Crippen LogP contribution in [0.1, 0.15) is 28.8 Å². The number of unbranched alkanes of at least 4 members (excludes halogenated alkanes) is 1. The highest BCUT2D eigenvalue weighted by atomic mass is 35.5. The maximum atomic E-state index is 11.2. The lowest BCUT2D eigenvalue weighted by atomic mass is 10.1. The second-order valence-corrected chi connectivity index (χ2v) is 6.20. The summed E-state index contributed by atoms with van der Waals surface area (Å²) >= 11 is 11.9. The number of benzene rings is 2. The molecule has 2 rings (SSSR count). The van der Waals surface area contributed by atoms with E-state index in [1.165, 1.54) is 0 Å². The number of aryl methyl sites for hydroxylation is 1. The van der Waals surface area contributed by atoms with Crippen LogP contribution in [0.2, 0.25) is 10.0 Å². The van der Waals surface area contributed by atoms with Gasteiger partial charge in [-0.05, 0) is 43.5 Å². The number of anilines is 1. The first-order valence-corrected chi connectivity index (χ1v) is 8.39. The molecule has 0 amide bonds. The van der Waals surface area contributed by atoms with Crippen LogP contribution in [0.4, 0.5) is 5.69 Å². The second kappa shape index (κ2) is 8.81. The van der Waals surface area contributed by atoms with Crippen molar-refractivity contribution < 1.29 is 14.6 Å². The number of para-hydroxylation sites is 1. The first-order chi connectivity index (χ1) is 11.5. The molecule has 0 radical (unpaired) electrons. The molecule has 0 saturated carbocycles. The molecule has 0 aromatic heterocycles. The van der Waals surface area contributed by atoms with Gasteiger partial charge in [0.15, 0.2) is 0 Å². The van der Waals surface area contributed by atoms with Gasteiger partial charge in [-0.3, -0.25) is 0 Å². The number of aromatic carboxylic acids is 1. The molecule has 0 bridgehead atoms. The number of halogens is 2. The predicted octanol–water partition coefficient (Wildman–Crippen LogP) is 5.27. The highest BCUT2D eigenvalue weighted by Gasteiger charge is 2.11. The topological polar surface area (TPSA) is 58.6 Å². The zero-order chi connectivity index (χ0) is 17.5. The van der Waals surface area contributed by atoms with E-state index < -0.39 is 5.97 Å². The van der Waals surface area contributed by atoms with Crippen molar-refractivity contribution >= 4 is 34.9 Å². The summed E-state index contributed by atoms with van der Waals surface area (Å²) in [4.78, 5) is 11.2. The minimum atomic E-state index is -0.930. The number of ether oxygens (including phenoxy) is 1. The molecule has 2 aromatic carbocycles. The number of nitrogens with one attached hydrogen (secondary N) is 1. The first kappa shape index (κ1) is 18.4. The molecule has 24 heavy (non-hydrogen) atoms. The molecule has 0 atom stereocenters. The van der Waals surface area contributed by atoms with Gasteiger partial charge in [0.2, 0.25) is 0 Å². The molecule has 0 aliphatic rings. The maximum absolute atomic E-state index is 11.2. The van der Waals surface area contributed by atoms with Gasteiger partial charge >= 0.3 is 5.97 Å². The minimum absolute atomic E-state index is 0.289. The van der Waals surface area contributed by atoms with Gasteiger partial charge in [0.05, 0.1) is 22.9 Å². The third-order valence-electron chi connectivity index (χ3n) is 3.53. The quantitative estimate of drug-likeness (QED) is 0.623. The summed E-state index contributed by atoms with van der Waals surface area (Å²) in [5, 5.41) is 13.5. The third-order valence-corrected chi connectivity index (χ3v) is 4.07. The van der Waals surface area contributed by atoms with Gasteiger partial charge in [0, 0.05) is 17.6 Å². The molecule has 0 aliphatic carbocycles. The molecule has 0 heterocycles. The van der Waals surface area contributed by atoms with E-state index in [4.69, 9.17) is 27.9 Å². The van der Waals surface area contributed by atoms with Crippen molar-refractivity contribution in [3.05, 3.63) is 57.6 Å². The van der Waals surface area contributed by atoms with Crippen molar-refractivity contribution in [1.29, 1.82) is 0 Å². The molecule has 2 aromatic rings. The molecular formula is C18H19Cl2NO3. The summed E-state index contributed by atoms with van der Waals surface area (Å²) in [5.41, 5.74) is 1.87. The Morgan fingerprint density at radius 3 is 2.75 bits per heavy atom. The van der Waals surface area contributed by atoms with Crippen LogP contribution in [-0.4, -0.2) is 24.2 Å². The standard InChI is InChI=1S/C18H19Cl2NO3/c1-12-5-4-6-14(18(22)23)17(12)21-9-2-3-10-24-16-11-13(19)7-8-15(16)20/h4-8,11,21H,2-3,9-10H2,1H3,(H,22,23). The highest BCUT2D eigenvalue weighted by Crippen LogP contribution is 2.27. The van der Waals surface area contributed by atoms with Crippen LogP contribution in [0.15, 0.2) is 36.4 Å². The molecule has 0 unspecified atom stereocenters. The number of hydrogen-bond donors (Lipinski definition) is 2. The van der Waals surface area contributed by atoms with Crippen molar-refractivity contribution in [2.75, 3.05) is 18.5 Å². The fourth-order valence-electron chi connectivity index (χ4n) is 2.29. The van der Waals surface area contributed by atoms with E-state index in [0.717, 1.165) is 18.4 Å². The lowest BCUT2D eigenvalue weighted by molar-refractivity contribution is 0.0698. The van der Waals surface area contributed by atoms with Gasteiger partial charge in [-0.2, -0.15) is 0 Å². The second-order valence-electron chi connectivity index (χ2n) is 5.36. The Labute approximate surface area is 151 Å². The molecule has 4 nitrogen and oxygen atoms in total. The molecule has 6 heteroatoms. The van der Waals surface area contributed by atoms with Crippen LogP contribution < -0.4 is 10.1 Å². The van der Waals surface area contributed by atoms with E-state index in [1.807, 2.05) is 13.0 Å². The lowest BCUT2D eigenvalue weighted by Gasteiger charge is -2.13. The zero-order valence-electron chi connectivity index (χ0n) is 13.3. The van der Waals surface area contributed by atoms with Crippen LogP contribution in [0.25, 0.3) is 0 Å². The predicted molar refractivity (Wildman–Crippen MR) is 97.8 cm³/mol. The Bertz CT molecular complexity index is 719. The Kier molecular flexibility index (Phi) is 6.76. The number of carbonyl (C=O) groups is 1. The zero-order valence-corrected chi connectivity index (χ0v) is 14.8. The van der Waals surface area contributed by atoms with Gasteiger partial charge in [0.1, 0.15) is 5.75 Å². The van der Waals surface area contributed by atoms with E-state index in [2.05, 4.69) is 5.32 Å². The number of hydrogen-bond acceptors (Lipinski definition) is 3. The highest BCUT2D eigenvalue weighted by molar-refractivity contribution is 6.34. The SMILES string of the molecule is Cc1cccc(C(=O)O)c1NCCCCOc1cc(Cl)ccc1Cl. The van der Waals surface area contributed by atoms with Crippen molar-refractivity contribution in [3.63, 3.8) is 0 Å². The largest absolute Gasteiger partial charge is 0.492 e. The average molecular weight is 368 g/mol. The first-order valence-electron chi connectivity index (χ1n) is 7.63.